The highest BCUT2D eigenvalue weighted by Gasteiger charge is 2.17. The lowest BCUT2D eigenvalue weighted by molar-refractivity contribution is 0.0356. The van der Waals surface area contributed by atoms with Crippen LogP contribution in [0.5, 0.6) is 0 Å². The maximum absolute atomic E-state index is 9.76. The van der Waals surface area contributed by atoms with E-state index >= 15 is 0 Å². The van der Waals surface area contributed by atoms with Gasteiger partial charge in [-0.3, -0.25) is 0 Å². The van der Waals surface area contributed by atoms with Gasteiger partial charge in [0.1, 0.15) is 0 Å². The lowest BCUT2D eigenvalue weighted by atomic mass is 10.1. The number of nitrogens with zero attached hydrogens (tertiary/aromatic N) is 1. The van der Waals surface area contributed by atoms with Gasteiger partial charge in [0.25, 0.3) is 0 Å². The Balaban J connectivity index is 2.32. The van der Waals surface area contributed by atoms with Crippen LogP contribution in [0.3, 0.4) is 0 Å². The van der Waals surface area contributed by atoms with Crippen LogP contribution in [0, 0.1) is 0 Å². The third kappa shape index (κ3) is 5.61. The lowest BCUT2D eigenvalue weighted by Gasteiger charge is -2.28. The molecule has 1 rings (SSSR count). The molecule has 0 spiro atoms. The molecule has 1 heterocycles. The van der Waals surface area contributed by atoms with Crippen LogP contribution in [0.2, 0.25) is 0 Å². The van der Waals surface area contributed by atoms with Crippen molar-refractivity contribution in [1.29, 1.82) is 0 Å². The third-order valence-corrected chi connectivity index (χ3v) is 2.81. The molecule has 0 radical (unpaired) electrons. The molecule has 0 amide bonds. The molecule has 0 unspecified atom stereocenters. The SMILES string of the molecule is CC(C)(O)CN1CCCCCCCC1. The van der Waals surface area contributed by atoms with Crippen molar-refractivity contribution >= 4 is 0 Å². The van der Waals surface area contributed by atoms with Crippen molar-refractivity contribution in [2.24, 2.45) is 0 Å². The first kappa shape index (κ1) is 12.0. The van der Waals surface area contributed by atoms with Crippen LogP contribution in [-0.4, -0.2) is 35.2 Å². The molecule has 1 N–H and O–H groups in total. The van der Waals surface area contributed by atoms with Crippen LogP contribution in [0.25, 0.3) is 0 Å². The van der Waals surface area contributed by atoms with Gasteiger partial charge in [0, 0.05) is 6.54 Å². The van der Waals surface area contributed by atoms with E-state index in [1.54, 1.807) is 0 Å². The molecule has 2 nitrogen and oxygen atoms in total. The van der Waals surface area contributed by atoms with Crippen molar-refractivity contribution in [3.8, 4) is 0 Å². The van der Waals surface area contributed by atoms with Crippen molar-refractivity contribution < 1.29 is 5.11 Å². The van der Waals surface area contributed by atoms with Gasteiger partial charge in [-0.1, -0.05) is 25.7 Å². The highest BCUT2D eigenvalue weighted by atomic mass is 16.3. The summed E-state index contributed by atoms with van der Waals surface area (Å²) in [6.07, 6.45) is 8.13. The van der Waals surface area contributed by atoms with Gasteiger partial charge in [-0.2, -0.15) is 0 Å². The molecule has 0 atom stereocenters. The molecular formula is C12H25NO. The van der Waals surface area contributed by atoms with Crippen molar-refractivity contribution in [2.75, 3.05) is 19.6 Å². The molecule has 1 aliphatic heterocycles. The van der Waals surface area contributed by atoms with Crippen molar-refractivity contribution in [3.05, 3.63) is 0 Å². The smallest absolute Gasteiger partial charge is 0.0718 e. The third-order valence-electron chi connectivity index (χ3n) is 2.81. The summed E-state index contributed by atoms with van der Waals surface area (Å²) >= 11 is 0. The van der Waals surface area contributed by atoms with Gasteiger partial charge in [0.05, 0.1) is 5.60 Å². The number of β-amino-alcohol motifs (C(OH)–C–C–N with tert-alkyl or cyclic N) is 1. The van der Waals surface area contributed by atoms with Crippen LogP contribution < -0.4 is 0 Å². The molecule has 0 aromatic carbocycles. The minimum absolute atomic E-state index is 0.534. The maximum atomic E-state index is 9.76. The maximum Gasteiger partial charge on any atom is 0.0718 e. The lowest BCUT2D eigenvalue weighted by Crippen LogP contribution is -2.39. The normalized spacial score (nSPS) is 22.5. The molecule has 0 saturated carbocycles. The summed E-state index contributed by atoms with van der Waals surface area (Å²) in [5.41, 5.74) is -0.534. The van der Waals surface area contributed by atoms with E-state index in [-0.39, 0.29) is 0 Å². The number of rotatable bonds is 2. The summed E-state index contributed by atoms with van der Waals surface area (Å²) in [6.45, 7) is 6.97. The van der Waals surface area contributed by atoms with Gasteiger partial charge in [-0.25, -0.2) is 0 Å². The second-order valence-corrected chi connectivity index (χ2v) is 5.21. The molecule has 84 valence electrons. The van der Waals surface area contributed by atoms with Gasteiger partial charge in [0.2, 0.25) is 0 Å². The molecular weight excluding hydrogens is 174 g/mol. The average Bonchev–Trinajstić information content (AvgIpc) is 2.15. The van der Waals surface area contributed by atoms with Crippen LogP contribution in [0.15, 0.2) is 0 Å². The molecule has 1 aliphatic rings. The number of hydrogen-bond donors (Lipinski definition) is 1. The van der Waals surface area contributed by atoms with E-state index in [1.165, 1.54) is 51.6 Å². The quantitative estimate of drug-likeness (QED) is 0.738. The molecule has 0 aromatic heterocycles. The van der Waals surface area contributed by atoms with Gasteiger partial charge in [-0.15, -0.1) is 0 Å². The van der Waals surface area contributed by atoms with Crippen molar-refractivity contribution in [3.63, 3.8) is 0 Å². The van der Waals surface area contributed by atoms with Gasteiger partial charge in [-0.05, 0) is 39.8 Å². The Morgan fingerprint density at radius 2 is 1.36 bits per heavy atom. The summed E-state index contributed by atoms with van der Waals surface area (Å²) in [5, 5.41) is 9.76. The Kier molecular flexibility index (Phi) is 4.90. The van der Waals surface area contributed by atoms with Crippen molar-refractivity contribution in [1.82, 2.24) is 4.90 Å². The summed E-state index contributed by atoms with van der Waals surface area (Å²) < 4.78 is 0. The monoisotopic (exact) mass is 199 g/mol. The van der Waals surface area contributed by atoms with Crippen LogP contribution in [-0.2, 0) is 0 Å². The highest BCUT2D eigenvalue weighted by Crippen LogP contribution is 2.13. The fourth-order valence-corrected chi connectivity index (χ4v) is 2.20. The zero-order valence-electron chi connectivity index (χ0n) is 9.76. The Labute approximate surface area is 88.3 Å². The van der Waals surface area contributed by atoms with E-state index in [0.717, 1.165) is 6.54 Å². The summed E-state index contributed by atoms with van der Waals surface area (Å²) in [6, 6.07) is 0. The van der Waals surface area contributed by atoms with E-state index in [2.05, 4.69) is 4.90 Å². The van der Waals surface area contributed by atoms with Crippen LogP contribution in [0.1, 0.15) is 52.4 Å². The van der Waals surface area contributed by atoms with Gasteiger partial charge >= 0.3 is 0 Å². The van der Waals surface area contributed by atoms with Gasteiger partial charge in [0.15, 0.2) is 0 Å². The molecule has 0 aromatic rings. The predicted octanol–water partition coefficient (Wildman–Crippen LogP) is 2.41. The second-order valence-electron chi connectivity index (χ2n) is 5.21. The van der Waals surface area contributed by atoms with Crippen LogP contribution >= 0.6 is 0 Å². The molecule has 1 fully saturated rings. The summed E-state index contributed by atoms with van der Waals surface area (Å²) in [4.78, 5) is 2.42. The molecule has 1 saturated heterocycles. The Bertz CT molecular complexity index is 141. The second kappa shape index (κ2) is 5.72. The minimum Gasteiger partial charge on any atom is -0.389 e. The predicted molar refractivity (Wildman–Crippen MR) is 60.4 cm³/mol. The van der Waals surface area contributed by atoms with Crippen molar-refractivity contribution in [2.45, 2.75) is 58.0 Å². The van der Waals surface area contributed by atoms with E-state index in [9.17, 15) is 5.11 Å². The minimum atomic E-state index is -0.534. The first-order chi connectivity index (χ1) is 6.58. The van der Waals surface area contributed by atoms with Crippen LogP contribution in [0.4, 0.5) is 0 Å². The van der Waals surface area contributed by atoms with E-state index in [0.29, 0.717) is 0 Å². The number of hydrogen-bond acceptors (Lipinski definition) is 2. The average molecular weight is 199 g/mol. The van der Waals surface area contributed by atoms with E-state index in [4.69, 9.17) is 0 Å². The van der Waals surface area contributed by atoms with E-state index < -0.39 is 5.60 Å². The fourth-order valence-electron chi connectivity index (χ4n) is 2.20. The highest BCUT2D eigenvalue weighted by molar-refractivity contribution is 4.72. The first-order valence-corrected chi connectivity index (χ1v) is 6.03. The summed E-state index contributed by atoms with van der Waals surface area (Å²) in [5.74, 6) is 0. The molecule has 14 heavy (non-hydrogen) atoms. The Morgan fingerprint density at radius 1 is 0.929 bits per heavy atom. The first-order valence-electron chi connectivity index (χ1n) is 6.03. The van der Waals surface area contributed by atoms with Gasteiger partial charge < -0.3 is 10.0 Å². The number of aliphatic hydroxyl groups is 1. The Morgan fingerprint density at radius 3 is 1.79 bits per heavy atom. The standard InChI is InChI=1S/C12H25NO/c1-12(2,14)11-13-9-7-5-3-4-6-8-10-13/h14H,3-11H2,1-2H3. The topological polar surface area (TPSA) is 23.5 Å². The zero-order chi connectivity index (χ0) is 10.4. The largest absolute Gasteiger partial charge is 0.389 e. The van der Waals surface area contributed by atoms with E-state index in [1.807, 2.05) is 13.8 Å². The summed E-state index contributed by atoms with van der Waals surface area (Å²) in [7, 11) is 0. The fraction of sp³-hybridized carbons (Fsp3) is 1.00. The molecule has 0 aliphatic carbocycles. The molecule has 2 heteroatoms. The molecule has 0 bridgehead atoms. The zero-order valence-corrected chi connectivity index (χ0v) is 9.76. The Hall–Kier alpha value is -0.0800.